The summed E-state index contributed by atoms with van der Waals surface area (Å²) in [6.45, 7) is 3.39. The Kier molecular flexibility index (Phi) is 2.82. The van der Waals surface area contributed by atoms with Crippen LogP contribution >= 0.6 is 0 Å². The minimum absolute atomic E-state index is 0.396. The molecule has 0 aliphatic heterocycles. The number of hydrogen-bond acceptors (Lipinski definition) is 4. The van der Waals surface area contributed by atoms with Gasteiger partial charge in [0.2, 0.25) is 0 Å². The molecule has 0 aromatic carbocycles. The maximum Gasteiger partial charge on any atom is 0.162 e. The van der Waals surface area contributed by atoms with E-state index in [1.54, 1.807) is 31.8 Å². The Morgan fingerprint density at radius 1 is 1.71 bits per heavy atom. The summed E-state index contributed by atoms with van der Waals surface area (Å²) in [6.07, 6.45) is 1.56. The van der Waals surface area contributed by atoms with Crippen LogP contribution in [-0.2, 0) is 12.6 Å². The average molecular weight is 199 g/mol. The van der Waals surface area contributed by atoms with Crippen molar-refractivity contribution in [2.45, 2.75) is 25.5 Å². The summed E-state index contributed by atoms with van der Waals surface area (Å²) >= 11 is 0. The van der Waals surface area contributed by atoms with Crippen molar-refractivity contribution in [2.24, 2.45) is 12.8 Å². The van der Waals surface area contributed by atoms with Crippen molar-refractivity contribution in [1.82, 2.24) is 9.78 Å². The van der Waals surface area contributed by atoms with Crippen LogP contribution in [0.4, 0.5) is 0 Å². The highest BCUT2D eigenvalue weighted by Crippen LogP contribution is 2.30. The molecule has 14 heavy (non-hydrogen) atoms. The molecule has 1 rings (SSSR count). The average Bonchev–Trinajstić information content (AvgIpc) is 2.46. The van der Waals surface area contributed by atoms with E-state index in [-0.39, 0.29) is 0 Å². The van der Waals surface area contributed by atoms with E-state index in [1.807, 2.05) is 0 Å². The largest absolute Gasteiger partial charge is 0.493 e. The second-order valence-corrected chi connectivity index (χ2v) is 3.62. The van der Waals surface area contributed by atoms with Gasteiger partial charge in [0.25, 0.3) is 0 Å². The van der Waals surface area contributed by atoms with Crippen molar-refractivity contribution < 1.29 is 9.84 Å². The fourth-order valence-electron chi connectivity index (χ4n) is 1.36. The van der Waals surface area contributed by atoms with Crippen molar-refractivity contribution in [2.75, 3.05) is 7.11 Å². The van der Waals surface area contributed by atoms with Crippen LogP contribution in [0, 0.1) is 0 Å². The van der Waals surface area contributed by atoms with Crippen LogP contribution < -0.4 is 10.5 Å². The van der Waals surface area contributed by atoms with Gasteiger partial charge in [0, 0.05) is 13.1 Å². The molecule has 1 aromatic rings. The number of nitrogens with zero attached hydrogens (tertiary/aromatic N) is 2. The van der Waals surface area contributed by atoms with Gasteiger partial charge in [-0.1, -0.05) is 0 Å². The molecule has 0 fully saturated rings. The Hall–Kier alpha value is -1.07. The zero-order valence-electron chi connectivity index (χ0n) is 8.98. The lowest BCUT2D eigenvalue weighted by Gasteiger charge is -2.28. The Morgan fingerprint density at radius 2 is 2.29 bits per heavy atom. The quantitative estimate of drug-likeness (QED) is 0.717. The van der Waals surface area contributed by atoms with Crippen molar-refractivity contribution in [1.29, 1.82) is 0 Å². The zero-order chi connectivity index (χ0) is 10.9. The number of aromatic nitrogens is 2. The SMILES string of the molecule is COc1cnn(C)c1C(C)(O)C(C)N. The highest BCUT2D eigenvalue weighted by molar-refractivity contribution is 5.31. The lowest BCUT2D eigenvalue weighted by Crippen LogP contribution is -2.42. The molecule has 5 heteroatoms. The molecule has 80 valence electrons. The number of aryl methyl sites for hydroxylation is 1. The third-order valence-corrected chi connectivity index (χ3v) is 2.49. The molecule has 0 amide bonds. The topological polar surface area (TPSA) is 73.3 Å². The van der Waals surface area contributed by atoms with Gasteiger partial charge in [-0.3, -0.25) is 4.68 Å². The fourth-order valence-corrected chi connectivity index (χ4v) is 1.36. The molecule has 2 atom stereocenters. The molecular formula is C9H17N3O2. The molecule has 0 aliphatic carbocycles. The van der Waals surface area contributed by atoms with Gasteiger partial charge in [0.15, 0.2) is 5.75 Å². The first kappa shape index (κ1) is 11.0. The van der Waals surface area contributed by atoms with Crippen LogP contribution in [-0.4, -0.2) is 28.0 Å². The van der Waals surface area contributed by atoms with E-state index in [0.29, 0.717) is 11.4 Å². The fraction of sp³-hybridized carbons (Fsp3) is 0.667. The van der Waals surface area contributed by atoms with Crippen molar-refractivity contribution >= 4 is 0 Å². The standard InChI is InChI=1S/C9H17N3O2/c1-6(10)9(2,13)8-7(14-4)5-11-12(8)3/h5-6,13H,10H2,1-4H3. The van der Waals surface area contributed by atoms with Crippen molar-refractivity contribution in [3.63, 3.8) is 0 Å². The summed E-state index contributed by atoms with van der Waals surface area (Å²) in [4.78, 5) is 0. The predicted molar refractivity (Wildman–Crippen MR) is 53.0 cm³/mol. The van der Waals surface area contributed by atoms with Crippen LogP contribution in [0.1, 0.15) is 19.5 Å². The molecule has 0 saturated carbocycles. The number of methoxy groups -OCH3 is 1. The van der Waals surface area contributed by atoms with Gasteiger partial charge in [-0.15, -0.1) is 0 Å². The van der Waals surface area contributed by atoms with Gasteiger partial charge in [0.1, 0.15) is 11.3 Å². The molecule has 2 unspecified atom stereocenters. The van der Waals surface area contributed by atoms with E-state index in [1.165, 1.54) is 7.11 Å². The van der Waals surface area contributed by atoms with Crippen LogP contribution in [0.25, 0.3) is 0 Å². The summed E-state index contributed by atoms with van der Waals surface area (Å²) in [5.74, 6) is 0.551. The molecule has 5 nitrogen and oxygen atoms in total. The first-order valence-corrected chi connectivity index (χ1v) is 4.45. The molecular weight excluding hydrogens is 182 g/mol. The Balaban J connectivity index is 3.22. The number of aliphatic hydroxyl groups is 1. The lowest BCUT2D eigenvalue weighted by atomic mass is 9.94. The second-order valence-electron chi connectivity index (χ2n) is 3.62. The van der Waals surface area contributed by atoms with Gasteiger partial charge in [0.05, 0.1) is 13.3 Å². The normalized spacial score (nSPS) is 17.6. The summed E-state index contributed by atoms with van der Waals surface area (Å²) < 4.78 is 6.68. The number of nitrogens with two attached hydrogens (primary N) is 1. The van der Waals surface area contributed by atoms with E-state index in [0.717, 1.165) is 0 Å². The predicted octanol–water partition coefficient (Wildman–Crippen LogP) is -0.0166. The maximum absolute atomic E-state index is 10.2. The van der Waals surface area contributed by atoms with Crippen LogP contribution in [0.5, 0.6) is 5.75 Å². The monoisotopic (exact) mass is 199 g/mol. The molecule has 0 aliphatic rings. The first-order valence-electron chi connectivity index (χ1n) is 4.45. The van der Waals surface area contributed by atoms with Gasteiger partial charge >= 0.3 is 0 Å². The minimum Gasteiger partial charge on any atom is -0.493 e. The third kappa shape index (κ3) is 1.60. The smallest absolute Gasteiger partial charge is 0.162 e. The van der Waals surface area contributed by atoms with E-state index >= 15 is 0 Å². The van der Waals surface area contributed by atoms with E-state index in [4.69, 9.17) is 10.5 Å². The van der Waals surface area contributed by atoms with Crippen LogP contribution in [0.3, 0.4) is 0 Å². The molecule has 0 spiro atoms. The minimum atomic E-state index is -1.14. The summed E-state index contributed by atoms with van der Waals surface area (Å²) in [5, 5.41) is 14.2. The van der Waals surface area contributed by atoms with E-state index < -0.39 is 11.6 Å². The highest BCUT2D eigenvalue weighted by Gasteiger charge is 2.34. The van der Waals surface area contributed by atoms with E-state index in [9.17, 15) is 5.11 Å². The number of rotatable bonds is 3. The highest BCUT2D eigenvalue weighted by atomic mass is 16.5. The maximum atomic E-state index is 10.2. The second kappa shape index (κ2) is 3.59. The molecule has 0 radical (unpaired) electrons. The van der Waals surface area contributed by atoms with Gasteiger partial charge in [-0.25, -0.2) is 0 Å². The first-order chi connectivity index (χ1) is 6.41. The van der Waals surface area contributed by atoms with Crippen molar-refractivity contribution in [3.8, 4) is 5.75 Å². The van der Waals surface area contributed by atoms with Crippen LogP contribution in [0.2, 0.25) is 0 Å². The van der Waals surface area contributed by atoms with Crippen molar-refractivity contribution in [3.05, 3.63) is 11.9 Å². The Bertz CT molecular complexity index is 318. The van der Waals surface area contributed by atoms with Crippen LogP contribution in [0.15, 0.2) is 6.20 Å². The molecule has 1 heterocycles. The van der Waals surface area contributed by atoms with Gasteiger partial charge in [-0.05, 0) is 13.8 Å². The summed E-state index contributed by atoms with van der Waals surface area (Å²) in [6, 6.07) is -0.396. The molecule has 0 bridgehead atoms. The Morgan fingerprint density at radius 3 is 2.71 bits per heavy atom. The molecule has 3 N–H and O–H groups in total. The zero-order valence-corrected chi connectivity index (χ0v) is 8.98. The van der Waals surface area contributed by atoms with E-state index in [2.05, 4.69) is 5.10 Å². The molecule has 0 saturated heterocycles. The van der Waals surface area contributed by atoms with Gasteiger partial charge < -0.3 is 15.6 Å². The summed E-state index contributed by atoms with van der Waals surface area (Å²) in [7, 11) is 3.28. The lowest BCUT2D eigenvalue weighted by molar-refractivity contribution is 0.0245. The van der Waals surface area contributed by atoms with Gasteiger partial charge in [-0.2, -0.15) is 5.10 Å². The third-order valence-electron chi connectivity index (χ3n) is 2.49. The Labute approximate surface area is 83.5 Å². The number of ether oxygens (including phenoxy) is 1. The number of hydrogen-bond donors (Lipinski definition) is 2. The molecule has 1 aromatic heterocycles. The summed E-state index contributed by atoms with van der Waals surface area (Å²) in [5.41, 5.74) is 5.16.